The van der Waals surface area contributed by atoms with Crippen molar-refractivity contribution < 1.29 is 14.4 Å². The Morgan fingerprint density at radius 2 is 2.00 bits per heavy atom. The molecule has 0 aliphatic carbocycles. The highest BCUT2D eigenvalue weighted by atomic mass is 19.1. The minimum Gasteiger partial charge on any atom is -0.341 e. The molecular weight excluding hydrogens is 403 g/mol. The van der Waals surface area contributed by atoms with E-state index in [1.54, 1.807) is 38.2 Å². The van der Waals surface area contributed by atoms with E-state index in [2.05, 4.69) is 25.0 Å². The highest BCUT2D eigenvalue weighted by Gasteiger charge is 2.30. The number of rotatable bonds is 5. The predicted molar refractivity (Wildman–Crippen MR) is 108 cm³/mol. The number of anilines is 1. The number of carbonyl (C=O) groups is 1. The minimum absolute atomic E-state index is 0.0400. The van der Waals surface area contributed by atoms with Crippen molar-refractivity contribution in [2.45, 2.75) is 33.2 Å². The maximum Gasteiger partial charge on any atom is 0.249 e. The largest absolute Gasteiger partial charge is 0.341 e. The number of amides is 1. The van der Waals surface area contributed by atoms with Crippen molar-refractivity contribution in [1.29, 1.82) is 0 Å². The molecule has 1 saturated heterocycles. The van der Waals surface area contributed by atoms with E-state index in [9.17, 15) is 14.4 Å². The Hall–Kier alpha value is -3.47. The monoisotopic (exact) mass is 426 g/mol. The highest BCUT2D eigenvalue weighted by Crippen LogP contribution is 2.24. The standard InChI is InChI=1S/C20H23FN8O2/c1-13-24-14(2)29(26-13)18-17(21)11-23-20(25-18)27-9-6-15(7-10-27)19(30)28(31)12-16-5-3-4-8-22-16/h3-5,8,11,15,31H,6-7,9-10,12H2,1-2H3. The Morgan fingerprint density at radius 1 is 1.23 bits per heavy atom. The van der Waals surface area contributed by atoms with Crippen LogP contribution in [0.5, 0.6) is 0 Å². The zero-order chi connectivity index (χ0) is 22.0. The topological polar surface area (TPSA) is 113 Å². The molecule has 0 spiro atoms. The lowest BCUT2D eigenvalue weighted by molar-refractivity contribution is -0.173. The molecule has 4 heterocycles. The van der Waals surface area contributed by atoms with Gasteiger partial charge in [-0.3, -0.25) is 15.0 Å². The Kier molecular flexibility index (Phi) is 5.85. The van der Waals surface area contributed by atoms with Crippen LogP contribution in [0.3, 0.4) is 0 Å². The first kappa shape index (κ1) is 20.8. The van der Waals surface area contributed by atoms with Crippen LogP contribution in [0, 0.1) is 25.6 Å². The van der Waals surface area contributed by atoms with Crippen LogP contribution in [0.15, 0.2) is 30.6 Å². The van der Waals surface area contributed by atoms with Crippen LogP contribution < -0.4 is 4.90 Å². The summed E-state index contributed by atoms with van der Waals surface area (Å²) in [6.07, 6.45) is 3.78. The fourth-order valence-corrected chi connectivity index (χ4v) is 3.63. The molecule has 0 unspecified atom stereocenters. The third-order valence-corrected chi connectivity index (χ3v) is 5.21. The number of halogens is 1. The van der Waals surface area contributed by atoms with Crippen molar-refractivity contribution in [3.63, 3.8) is 0 Å². The summed E-state index contributed by atoms with van der Waals surface area (Å²) in [6, 6.07) is 5.33. The van der Waals surface area contributed by atoms with E-state index in [1.165, 1.54) is 4.68 Å². The molecule has 31 heavy (non-hydrogen) atoms. The van der Waals surface area contributed by atoms with Crippen molar-refractivity contribution in [3.8, 4) is 5.82 Å². The van der Waals surface area contributed by atoms with Gasteiger partial charge in [0, 0.05) is 25.2 Å². The average Bonchev–Trinajstić information content (AvgIpc) is 3.12. The molecule has 3 aromatic rings. The Bertz CT molecular complexity index is 1070. The van der Waals surface area contributed by atoms with E-state index < -0.39 is 5.82 Å². The van der Waals surface area contributed by atoms with E-state index >= 15 is 0 Å². The molecule has 1 aliphatic heterocycles. The Labute approximate surface area is 178 Å². The zero-order valence-corrected chi connectivity index (χ0v) is 17.3. The Morgan fingerprint density at radius 3 is 2.65 bits per heavy atom. The van der Waals surface area contributed by atoms with Gasteiger partial charge in [0.2, 0.25) is 11.9 Å². The van der Waals surface area contributed by atoms with Gasteiger partial charge in [0.1, 0.15) is 11.6 Å². The molecule has 0 aromatic carbocycles. The maximum atomic E-state index is 14.3. The first-order chi connectivity index (χ1) is 14.9. The molecule has 1 amide bonds. The van der Waals surface area contributed by atoms with Crippen LogP contribution in [0.25, 0.3) is 5.82 Å². The molecule has 1 fully saturated rings. The average molecular weight is 426 g/mol. The second kappa shape index (κ2) is 8.72. The van der Waals surface area contributed by atoms with Crippen LogP contribution in [0.2, 0.25) is 0 Å². The van der Waals surface area contributed by atoms with Gasteiger partial charge in [0.05, 0.1) is 18.4 Å². The summed E-state index contributed by atoms with van der Waals surface area (Å²) >= 11 is 0. The molecule has 4 rings (SSSR count). The number of hydroxylamine groups is 2. The summed E-state index contributed by atoms with van der Waals surface area (Å²) in [5.74, 6) is 0.219. The van der Waals surface area contributed by atoms with Crippen molar-refractivity contribution in [1.82, 2.24) is 34.8 Å². The van der Waals surface area contributed by atoms with Gasteiger partial charge in [-0.1, -0.05) is 6.07 Å². The van der Waals surface area contributed by atoms with Crippen LogP contribution in [-0.4, -0.2) is 59.0 Å². The van der Waals surface area contributed by atoms with Crippen LogP contribution in [0.1, 0.15) is 30.2 Å². The number of aryl methyl sites for hydroxylation is 2. The number of hydrogen-bond acceptors (Lipinski definition) is 8. The fourth-order valence-electron chi connectivity index (χ4n) is 3.63. The SMILES string of the molecule is Cc1nc(C)n(-c2nc(N3CCC(C(=O)N(O)Cc4ccccn4)CC3)ncc2F)n1. The van der Waals surface area contributed by atoms with E-state index in [1.807, 2.05) is 4.90 Å². The first-order valence-electron chi connectivity index (χ1n) is 10.0. The lowest BCUT2D eigenvalue weighted by Crippen LogP contribution is -2.42. The molecule has 0 bridgehead atoms. The minimum atomic E-state index is -0.591. The number of carbonyl (C=O) groups excluding carboxylic acids is 1. The normalized spacial score (nSPS) is 14.6. The molecule has 3 aromatic heterocycles. The molecule has 0 radical (unpaired) electrons. The first-order valence-corrected chi connectivity index (χ1v) is 10.0. The van der Waals surface area contributed by atoms with E-state index in [-0.39, 0.29) is 24.2 Å². The number of piperidine rings is 1. The molecule has 1 aliphatic rings. The summed E-state index contributed by atoms with van der Waals surface area (Å²) in [7, 11) is 0. The molecule has 11 heteroatoms. The highest BCUT2D eigenvalue weighted by molar-refractivity contribution is 5.78. The van der Waals surface area contributed by atoms with Gasteiger partial charge in [0.25, 0.3) is 0 Å². The third kappa shape index (κ3) is 4.50. The van der Waals surface area contributed by atoms with Crippen molar-refractivity contribution >= 4 is 11.9 Å². The van der Waals surface area contributed by atoms with Gasteiger partial charge in [-0.25, -0.2) is 19.4 Å². The number of pyridine rings is 1. The van der Waals surface area contributed by atoms with Crippen molar-refractivity contribution in [3.05, 3.63) is 53.8 Å². The van der Waals surface area contributed by atoms with Gasteiger partial charge >= 0.3 is 0 Å². The summed E-state index contributed by atoms with van der Waals surface area (Å²) in [4.78, 5) is 31.3. The number of nitrogens with zero attached hydrogens (tertiary/aromatic N) is 8. The van der Waals surface area contributed by atoms with E-state index in [0.29, 0.717) is 49.2 Å². The second-order valence-electron chi connectivity index (χ2n) is 7.44. The fraction of sp³-hybridized carbons (Fsp3) is 0.400. The molecular formula is C20H23FN8O2. The van der Waals surface area contributed by atoms with Crippen LogP contribution >= 0.6 is 0 Å². The summed E-state index contributed by atoms with van der Waals surface area (Å²) in [5, 5.41) is 15.1. The van der Waals surface area contributed by atoms with E-state index in [4.69, 9.17) is 0 Å². The second-order valence-corrected chi connectivity index (χ2v) is 7.44. The van der Waals surface area contributed by atoms with Crippen molar-refractivity contribution in [2.24, 2.45) is 5.92 Å². The number of hydrogen-bond donors (Lipinski definition) is 1. The quantitative estimate of drug-likeness (QED) is 0.486. The van der Waals surface area contributed by atoms with Gasteiger partial charge < -0.3 is 4.90 Å². The van der Waals surface area contributed by atoms with Gasteiger partial charge in [-0.05, 0) is 38.8 Å². The van der Waals surface area contributed by atoms with Gasteiger partial charge in [-0.2, -0.15) is 9.67 Å². The summed E-state index contributed by atoms with van der Waals surface area (Å²) < 4.78 is 15.7. The van der Waals surface area contributed by atoms with Gasteiger partial charge in [0.15, 0.2) is 11.6 Å². The lowest BCUT2D eigenvalue weighted by Gasteiger charge is -2.32. The molecule has 1 N–H and O–H groups in total. The van der Waals surface area contributed by atoms with E-state index in [0.717, 1.165) is 11.3 Å². The third-order valence-electron chi connectivity index (χ3n) is 5.21. The Balaban J connectivity index is 1.41. The molecule has 0 saturated carbocycles. The summed E-state index contributed by atoms with van der Waals surface area (Å²) in [5.41, 5.74) is 0.613. The van der Waals surface area contributed by atoms with Crippen molar-refractivity contribution in [2.75, 3.05) is 18.0 Å². The zero-order valence-electron chi connectivity index (χ0n) is 17.3. The number of aromatic nitrogens is 6. The molecule has 0 atom stereocenters. The molecule has 162 valence electrons. The smallest absolute Gasteiger partial charge is 0.249 e. The molecule has 10 nitrogen and oxygen atoms in total. The predicted octanol–water partition coefficient (Wildman–Crippen LogP) is 1.84. The summed E-state index contributed by atoms with van der Waals surface area (Å²) in [6.45, 7) is 4.51. The van der Waals surface area contributed by atoms with Gasteiger partial charge in [-0.15, -0.1) is 5.10 Å². The lowest BCUT2D eigenvalue weighted by atomic mass is 9.96. The van der Waals surface area contributed by atoms with Crippen LogP contribution in [0.4, 0.5) is 10.3 Å². The van der Waals surface area contributed by atoms with Crippen LogP contribution in [-0.2, 0) is 11.3 Å². The maximum absolute atomic E-state index is 14.3.